The number of fused-ring (bicyclic) bond motifs is 1. The molecule has 2 heterocycles. The van der Waals surface area contributed by atoms with Crippen molar-refractivity contribution in [1.82, 2.24) is 9.38 Å². The Morgan fingerprint density at radius 3 is 2.40 bits per heavy atom. The molecule has 2 aromatic heterocycles. The van der Waals surface area contributed by atoms with Crippen LogP contribution in [-0.2, 0) is 0 Å². The van der Waals surface area contributed by atoms with Crippen molar-refractivity contribution in [3.63, 3.8) is 0 Å². The Morgan fingerprint density at radius 1 is 0.967 bits per heavy atom. The van der Waals surface area contributed by atoms with Gasteiger partial charge in [-0.25, -0.2) is 9.78 Å². The molecule has 0 unspecified atom stereocenters. The van der Waals surface area contributed by atoms with Crippen LogP contribution in [0.1, 0.15) is 5.56 Å². The maximum Gasteiger partial charge on any atom is 0.323 e. The number of urea groups is 1. The summed E-state index contributed by atoms with van der Waals surface area (Å²) in [7, 11) is 3.12. The maximum absolute atomic E-state index is 12.7. The normalized spacial score (nSPS) is 10.6. The molecule has 2 amide bonds. The summed E-state index contributed by atoms with van der Waals surface area (Å²) in [4.78, 5) is 17.4. The molecule has 7 heteroatoms. The number of hydrogen-bond acceptors (Lipinski definition) is 4. The molecule has 0 aliphatic carbocycles. The van der Waals surface area contributed by atoms with E-state index in [1.54, 1.807) is 32.4 Å². The van der Waals surface area contributed by atoms with Crippen molar-refractivity contribution >= 4 is 23.1 Å². The van der Waals surface area contributed by atoms with Crippen LogP contribution in [0.15, 0.2) is 67.0 Å². The molecule has 0 radical (unpaired) electrons. The highest BCUT2D eigenvalue weighted by atomic mass is 16.5. The molecule has 0 spiro atoms. The minimum absolute atomic E-state index is 0.377. The quantitative estimate of drug-likeness (QED) is 0.494. The number of carbonyl (C=O) groups excluding carboxylic acids is 1. The number of amides is 2. The molecule has 0 aliphatic rings. The van der Waals surface area contributed by atoms with Gasteiger partial charge in [-0.3, -0.25) is 0 Å². The first-order valence-corrected chi connectivity index (χ1v) is 9.42. The van der Waals surface area contributed by atoms with E-state index in [4.69, 9.17) is 14.5 Å². The van der Waals surface area contributed by atoms with E-state index < -0.39 is 0 Å². The van der Waals surface area contributed by atoms with Gasteiger partial charge in [-0.05, 0) is 24.6 Å². The van der Waals surface area contributed by atoms with Gasteiger partial charge in [-0.15, -0.1) is 0 Å². The van der Waals surface area contributed by atoms with Gasteiger partial charge in [-0.1, -0.05) is 24.3 Å². The number of aryl methyl sites for hydroxylation is 1. The van der Waals surface area contributed by atoms with Crippen molar-refractivity contribution in [2.75, 3.05) is 24.9 Å². The lowest BCUT2D eigenvalue weighted by molar-refractivity contribution is 0.262. The van der Waals surface area contributed by atoms with E-state index in [1.807, 2.05) is 60.1 Å². The third-order valence-corrected chi connectivity index (χ3v) is 4.74. The molecular formula is C23H22N4O3. The number of imidazole rings is 1. The summed E-state index contributed by atoms with van der Waals surface area (Å²) in [6, 6.07) is 16.4. The minimum atomic E-state index is -0.377. The van der Waals surface area contributed by atoms with Crippen LogP contribution in [0.5, 0.6) is 11.5 Å². The molecule has 0 bridgehead atoms. The summed E-state index contributed by atoms with van der Waals surface area (Å²) >= 11 is 0. The topological polar surface area (TPSA) is 76.9 Å². The highest BCUT2D eigenvalue weighted by molar-refractivity contribution is 6.02. The SMILES string of the molecule is COc1cc(NC(=O)Nc2ccccc2-c2cn3cccc(C)c3n2)cc(OC)c1. The number of hydrogen-bond donors (Lipinski definition) is 2. The van der Waals surface area contributed by atoms with Gasteiger partial charge < -0.3 is 24.5 Å². The molecule has 0 fully saturated rings. The van der Waals surface area contributed by atoms with E-state index in [1.165, 1.54) is 0 Å². The second-order valence-electron chi connectivity index (χ2n) is 6.77. The van der Waals surface area contributed by atoms with Gasteiger partial charge in [0.15, 0.2) is 0 Å². The van der Waals surface area contributed by atoms with Crippen molar-refractivity contribution in [2.45, 2.75) is 6.92 Å². The second kappa shape index (κ2) is 8.16. The molecule has 2 aromatic carbocycles. The Hall–Kier alpha value is -4.00. The standard InChI is InChI=1S/C23H22N4O3/c1-15-7-6-10-27-14-21(25-22(15)27)19-8-4-5-9-20(19)26-23(28)24-16-11-17(29-2)13-18(12-16)30-3/h4-14H,1-3H3,(H2,24,26,28). The number of methoxy groups -OCH3 is 2. The van der Waals surface area contributed by atoms with E-state index in [2.05, 4.69) is 10.6 Å². The lowest BCUT2D eigenvalue weighted by Gasteiger charge is -2.12. The predicted molar refractivity (Wildman–Crippen MR) is 118 cm³/mol. The Labute approximate surface area is 174 Å². The fourth-order valence-corrected chi connectivity index (χ4v) is 3.26. The minimum Gasteiger partial charge on any atom is -0.497 e. The van der Waals surface area contributed by atoms with Crippen LogP contribution in [0.3, 0.4) is 0 Å². The molecule has 152 valence electrons. The lowest BCUT2D eigenvalue weighted by atomic mass is 10.1. The van der Waals surface area contributed by atoms with Gasteiger partial charge in [0, 0.05) is 41.8 Å². The van der Waals surface area contributed by atoms with E-state index >= 15 is 0 Å². The van der Waals surface area contributed by atoms with E-state index in [-0.39, 0.29) is 6.03 Å². The molecule has 0 saturated heterocycles. The molecular weight excluding hydrogens is 380 g/mol. The zero-order valence-electron chi connectivity index (χ0n) is 17.0. The number of nitrogens with one attached hydrogen (secondary N) is 2. The maximum atomic E-state index is 12.7. The van der Waals surface area contributed by atoms with Crippen LogP contribution in [0.2, 0.25) is 0 Å². The zero-order chi connectivity index (χ0) is 21.1. The summed E-state index contributed by atoms with van der Waals surface area (Å²) < 4.78 is 12.5. The van der Waals surface area contributed by atoms with Gasteiger partial charge in [0.2, 0.25) is 0 Å². The summed E-state index contributed by atoms with van der Waals surface area (Å²) in [6.45, 7) is 2.02. The van der Waals surface area contributed by atoms with Crippen LogP contribution < -0.4 is 20.1 Å². The average molecular weight is 402 g/mol. The number of benzene rings is 2. The largest absolute Gasteiger partial charge is 0.497 e. The van der Waals surface area contributed by atoms with E-state index in [9.17, 15) is 4.79 Å². The van der Waals surface area contributed by atoms with Crippen LogP contribution in [0, 0.1) is 6.92 Å². The Bertz CT molecular complexity index is 1190. The number of nitrogens with zero attached hydrogens (tertiary/aromatic N) is 2. The Morgan fingerprint density at radius 2 is 1.70 bits per heavy atom. The van der Waals surface area contributed by atoms with Crippen LogP contribution in [-0.4, -0.2) is 29.6 Å². The van der Waals surface area contributed by atoms with Crippen LogP contribution in [0.25, 0.3) is 16.9 Å². The summed E-state index contributed by atoms with van der Waals surface area (Å²) in [5.41, 5.74) is 4.80. The fraction of sp³-hybridized carbons (Fsp3) is 0.130. The third kappa shape index (κ3) is 3.91. The number of anilines is 2. The van der Waals surface area contributed by atoms with Crippen LogP contribution in [0.4, 0.5) is 16.2 Å². The summed E-state index contributed by atoms with van der Waals surface area (Å²) in [5, 5.41) is 5.73. The lowest BCUT2D eigenvalue weighted by Crippen LogP contribution is -2.20. The van der Waals surface area contributed by atoms with Gasteiger partial charge in [0.1, 0.15) is 17.1 Å². The van der Waals surface area contributed by atoms with Crippen LogP contribution >= 0.6 is 0 Å². The van der Waals surface area contributed by atoms with Gasteiger partial charge in [0.25, 0.3) is 0 Å². The van der Waals surface area contributed by atoms with Crippen molar-refractivity contribution in [3.8, 4) is 22.8 Å². The monoisotopic (exact) mass is 402 g/mol. The fourth-order valence-electron chi connectivity index (χ4n) is 3.26. The van der Waals surface area contributed by atoms with Crippen molar-refractivity contribution < 1.29 is 14.3 Å². The van der Waals surface area contributed by atoms with E-state index in [0.717, 1.165) is 22.5 Å². The highest BCUT2D eigenvalue weighted by Gasteiger charge is 2.13. The summed E-state index contributed by atoms with van der Waals surface area (Å²) in [5.74, 6) is 1.18. The van der Waals surface area contributed by atoms with Gasteiger partial charge >= 0.3 is 6.03 Å². The number of aromatic nitrogens is 2. The Kier molecular flexibility index (Phi) is 5.26. The average Bonchev–Trinajstić information content (AvgIpc) is 3.19. The molecule has 0 saturated carbocycles. The number of ether oxygens (including phenoxy) is 2. The van der Waals surface area contributed by atoms with Crippen molar-refractivity contribution in [2.24, 2.45) is 0 Å². The summed E-state index contributed by atoms with van der Waals surface area (Å²) in [6.07, 6.45) is 3.91. The predicted octanol–water partition coefficient (Wildman–Crippen LogP) is 4.97. The Balaban J connectivity index is 1.60. The molecule has 30 heavy (non-hydrogen) atoms. The zero-order valence-corrected chi connectivity index (χ0v) is 17.0. The molecule has 0 aliphatic heterocycles. The first kappa shape index (κ1) is 19.3. The first-order chi connectivity index (χ1) is 14.6. The van der Waals surface area contributed by atoms with E-state index in [0.29, 0.717) is 22.9 Å². The van der Waals surface area contributed by atoms with Gasteiger partial charge in [0.05, 0.1) is 25.6 Å². The number of carbonyl (C=O) groups is 1. The van der Waals surface area contributed by atoms with Gasteiger partial charge in [-0.2, -0.15) is 0 Å². The molecule has 4 rings (SSSR count). The second-order valence-corrected chi connectivity index (χ2v) is 6.77. The number of rotatable bonds is 5. The van der Waals surface area contributed by atoms with Crippen molar-refractivity contribution in [3.05, 3.63) is 72.6 Å². The first-order valence-electron chi connectivity index (χ1n) is 9.42. The molecule has 4 aromatic rings. The molecule has 2 N–H and O–H groups in total. The number of pyridine rings is 1. The number of para-hydroxylation sites is 1. The molecule has 7 nitrogen and oxygen atoms in total. The third-order valence-electron chi connectivity index (χ3n) is 4.74. The van der Waals surface area contributed by atoms with Crippen molar-refractivity contribution in [1.29, 1.82) is 0 Å². The smallest absolute Gasteiger partial charge is 0.323 e. The highest BCUT2D eigenvalue weighted by Crippen LogP contribution is 2.29. The molecule has 0 atom stereocenters.